The lowest BCUT2D eigenvalue weighted by Crippen LogP contribution is -2.29. The molecule has 44 heavy (non-hydrogen) atoms. The Morgan fingerprint density at radius 2 is 1.75 bits per heavy atom. The molecule has 1 saturated carbocycles. The van der Waals surface area contributed by atoms with Crippen molar-refractivity contribution in [2.24, 2.45) is 5.92 Å². The quantitative estimate of drug-likeness (QED) is 0.163. The molecule has 0 saturated heterocycles. The van der Waals surface area contributed by atoms with Gasteiger partial charge in [-0.2, -0.15) is 9.97 Å². The van der Waals surface area contributed by atoms with Crippen LogP contribution in [0, 0.1) is 18.8 Å². The molecule has 11 heteroatoms. The normalized spacial score (nSPS) is 12.2. The van der Waals surface area contributed by atoms with Crippen LogP contribution in [0.1, 0.15) is 64.0 Å². The molecule has 1 amide bonds. The third-order valence-electron chi connectivity index (χ3n) is 6.47. The second-order valence-corrected chi connectivity index (χ2v) is 10.6. The number of nitrogens with zero attached hydrogens (tertiary/aromatic N) is 5. The predicted molar refractivity (Wildman–Crippen MR) is 181 cm³/mol. The molecule has 0 aliphatic heterocycles. The molecule has 0 spiro atoms. The first-order valence-corrected chi connectivity index (χ1v) is 15.5. The predicted octanol–water partition coefficient (Wildman–Crippen LogP) is 7.57. The largest absolute Gasteiger partial charge is 0.361 e. The highest BCUT2D eigenvalue weighted by molar-refractivity contribution is 6.35. The number of pyridine rings is 1. The Bertz CT molecular complexity index is 1390. The maximum Gasteiger partial charge on any atom is 0.239 e. The van der Waals surface area contributed by atoms with Gasteiger partial charge in [0.1, 0.15) is 18.0 Å². The maximum atomic E-state index is 12.4. The number of anilines is 2. The molecule has 0 radical (unpaired) electrons. The molecule has 9 nitrogen and oxygen atoms in total. The van der Waals surface area contributed by atoms with Gasteiger partial charge < -0.3 is 16.0 Å². The van der Waals surface area contributed by atoms with Crippen LogP contribution >= 0.6 is 23.2 Å². The molecule has 1 fully saturated rings. The topological polar surface area (TPSA) is 110 Å². The zero-order valence-electron chi connectivity index (χ0n) is 25.6. The van der Waals surface area contributed by atoms with Gasteiger partial charge in [0, 0.05) is 54.0 Å². The van der Waals surface area contributed by atoms with Gasteiger partial charge in [-0.25, -0.2) is 4.98 Å². The van der Waals surface area contributed by atoms with E-state index in [1.54, 1.807) is 59.9 Å². The number of terminal acetylenes is 1. The second kappa shape index (κ2) is 20.7. The first kappa shape index (κ1) is 36.1. The molecule has 0 bridgehead atoms. The van der Waals surface area contributed by atoms with Gasteiger partial charge in [-0.3, -0.25) is 14.3 Å². The highest BCUT2D eigenvalue weighted by Crippen LogP contribution is 2.22. The fourth-order valence-electron chi connectivity index (χ4n) is 4.21. The smallest absolute Gasteiger partial charge is 0.239 e. The van der Waals surface area contributed by atoms with E-state index in [9.17, 15) is 4.79 Å². The monoisotopic (exact) mass is 636 g/mol. The SMILES string of the molecule is C#C.CC.CC1CCCCC1.O=C(CNc1cc(-n2ccnc2)nc(NCc2cccnc2)n1)NCc1ccc(Cl)cc1Cl. The van der Waals surface area contributed by atoms with Crippen LogP contribution in [-0.2, 0) is 17.9 Å². The van der Waals surface area contributed by atoms with Gasteiger partial charge >= 0.3 is 0 Å². The Morgan fingerprint density at radius 1 is 0.977 bits per heavy atom. The van der Waals surface area contributed by atoms with E-state index >= 15 is 0 Å². The van der Waals surface area contributed by atoms with Crippen LogP contribution in [-0.4, -0.2) is 37.0 Å². The maximum absolute atomic E-state index is 12.4. The molecule has 3 heterocycles. The van der Waals surface area contributed by atoms with E-state index in [1.807, 2.05) is 26.0 Å². The van der Waals surface area contributed by atoms with Crippen molar-refractivity contribution in [3.05, 3.63) is 88.7 Å². The highest BCUT2D eigenvalue weighted by Gasteiger charge is 2.10. The summed E-state index contributed by atoms with van der Waals surface area (Å²) in [4.78, 5) is 29.5. The number of nitrogens with one attached hydrogen (secondary N) is 3. The number of amides is 1. The molecule has 0 atom stereocenters. The minimum atomic E-state index is -0.214. The Kier molecular flexibility index (Phi) is 17.0. The molecule has 1 aromatic carbocycles. The lowest BCUT2D eigenvalue weighted by molar-refractivity contribution is -0.119. The van der Waals surface area contributed by atoms with Crippen molar-refractivity contribution in [2.75, 3.05) is 17.2 Å². The van der Waals surface area contributed by atoms with Crippen LogP contribution in [0.25, 0.3) is 5.82 Å². The summed E-state index contributed by atoms with van der Waals surface area (Å²) in [6.07, 6.45) is 24.0. The van der Waals surface area contributed by atoms with Crippen molar-refractivity contribution in [3.8, 4) is 18.7 Å². The molecule has 4 aromatic rings. The van der Waals surface area contributed by atoms with Gasteiger partial charge in [0.05, 0.1) is 6.54 Å². The average Bonchev–Trinajstić information content (AvgIpc) is 3.61. The number of halogens is 2. The first-order chi connectivity index (χ1) is 21.5. The van der Waals surface area contributed by atoms with Crippen LogP contribution in [0.15, 0.2) is 67.5 Å². The second-order valence-electron chi connectivity index (χ2n) is 9.73. The number of hydrogen-bond acceptors (Lipinski definition) is 7. The van der Waals surface area contributed by atoms with E-state index in [0.29, 0.717) is 40.7 Å². The Labute approximate surface area is 271 Å². The van der Waals surface area contributed by atoms with Gasteiger partial charge in [-0.15, -0.1) is 12.8 Å². The third-order valence-corrected chi connectivity index (χ3v) is 7.06. The number of rotatable bonds is 9. The summed E-state index contributed by atoms with van der Waals surface area (Å²) < 4.78 is 1.75. The Balaban J connectivity index is 0.000000526. The number of carbonyl (C=O) groups is 1. The minimum Gasteiger partial charge on any atom is -0.361 e. The lowest BCUT2D eigenvalue weighted by atomic mass is 9.91. The van der Waals surface area contributed by atoms with E-state index in [1.165, 1.54) is 32.1 Å². The van der Waals surface area contributed by atoms with Crippen LogP contribution in [0.5, 0.6) is 0 Å². The molecular weight excluding hydrogens is 595 g/mol. The van der Waals surface area contributed by atoms with Crippen LogP contribution in [0.3, 0.4) is 0 Å². The van der Waals surface area contributed by atoms with E-state index in [2.05, 4.69) is 55.7 Å². The van der Waals surface area contributed by atoms with E-state index in [-0.39, 0.29) is 12.5 Å². The number of hydrogen-bond donors (Lipinski definition) is 3. The van der Waals surface area contributed by atoms with Crippen LogP contribution in [0.2, 0.25) is 10.0 Å². The van der Waals surface area contributed by atoms with E-state index in [0.717, 1.165) is 17.0 Å². The molecule has 3 N–H and O–H groups in total. The summed E-state index contributed by atoms with van der Waals surface area (Å²) in [7, 11) is 0. The Morgan fingerprint density at radius 3 is 2.36 bits per heavy atom. The summed E-state index contributed by atoms with van der Waals surface area (Å²) in [5.74, 6) is 2.32. The van der Waals surface area contributed by atoms with Crippen molar-refractivity contribution in [2.45, 2.75) is 66.0 Å². The number of benzene rings is 1. The van der Waals surface area contributed by atoms with E-state index < -0.39 is 0 Å². The van der Waals surface area contributed by atoms with Crippen molar-refractivity contribution >= 4 is 40.9 Å². The molecule has 1 aliphatic rings. The lowest BCUT2D eigenvalue weighted by Gasteiger charge is -2.15. The summed E-state index contributed by atoms with van der Waals surface area (Å²) in [5.41, 5.74) is 1.77. The molecule has 0 unspecified atom stereocenters. The first-order valence-electron chi connectivity index (χ1n) is 14.7. The van der Waals surface area contributed by atoms with Gasteiger partial charge in [-0.05, 0) is 35.2 Å². The summed E-state index contributed by atoms with van der Waals surface area (Å²) in [6, 6.07) is 10.7. The fraction of sp³-hybridized carbons (Fsp3) is 0.364. The average molecular weight is 638 g/mol. The van der Waals surface area contributed by atoms with E-state index in [4.69, 9.17) is 23.2 Å². The van der Waals surface area contributed by atoms with Crippen molar-refractivity contribution in [3.63, 3.8) is 0 Å². The van der Waals surface area contributed by atoms with Crippen LogP contribution in [0.4, 0.5) is 11.8 Å². The van der Waals surface area contributed by atoms with Gasteiger partial charge in [-0.1, -0.05) is 88.2 Å². The summed E-state index contributed by atoms with van der Waals surface area (Å²) in [5, 5.41) is 10.1. The zero-order chi connectivity index (χ0) is 32.2. The third kappa shape index (κ3) is 13.0. The van der Waals surface area contributed by atoms with Gasteiger partial charge in [0.2, 0.25) is 11.9 Å². The van der Waals surface area contributed by atoms with Crippen LogP contribution < -0.4 is 16.0 Å². The molecule has 3 aromatic heterocycles. The highest BCUT2D eigenvalue weighted by atomic mass is 35.5. The summed E-state index contributed by atoms with van der Waals surface area (Å²) >= 11 is 12.1. The Hall–Kier alpha value is -4.13. The van der Waals surface area contributed by atoms with Gasteiger partial charge in [0.25, 0.3) is 0 Å². The van der Waals surface area contributed by atoms with Crippen molar-refractivity contribution in [1.29, 1.82) is 0 Å². The molecule has 1 aliphatic carbocycles. The number of imidazole rings is 1. The molecule has 234 valence electrons. The molecule has 5 rings (SSSR count). The standard InChI is InChI=1S/C22H20Cl2N8O.C7H14.C2H6.C2H2/c23-17-4-3-16(18(24)8-17)12-28-21(33)13-27-19-9-20(32-7-6-26-14-32)31-22(30-19)29-11-15-2-1-5-25-10-15;1-7-5-3-2-4-6-7;2*1-2/h1-10,14H,11-13H2,(H,28,33)(H2,27,29,30,31);7H,2-6H2,1H3;1-2H3;1-2H. The van der Waals surface area contributed by atoms with Crippen molar-refractivity contribution < 1.29 is 4.79 Å². The minimum absolute atomic E-state index is 0.0215. The number of carbonyl (C=O) groups excluding carboxylic acids is 1. The number of aromatic nitrogens is 5. The fourth-order valence-corrected chi connectivity index (χ4v) is 4.69. The summed E-state index contributed by atoms with van der Waals surface area (Å²) in [6.45, 7) is 7.17. The van der Waals surface area contributed by atoms with Crippen molar-refractivity contribution in [1.82, 2.24) is 29.8 Å². The molecular formula is C33H42Cl2N8O. The zero-order valence-corrected chi connectivity index (χ0v) is 27.2. The van der Waals surface area contributed by atoms with Gasteiger partial charge in [0.15, 0.2) is 0 Å².